The normalized spacial score (nSPS) is 17.1. The molecule has 0 saturated carbocycles. The van der Waals surface area contributed by atoms with E-state index < -0.39 is 23.1 Å². The second-order valence-electron chi connectivity index (χ2n) is 7.01. The fourth-order valence-corrected chi connectivity index (χ4v) is 4.31. The van der Waals surface area contributed by atoms with Crippen molar-refractivity contribution in [3.8, 4) is 0 Å². The highest BCUT2D eigenvalue weighted by Crippen LogP contribution is 2.25. The summed E-state index contributed by atoms with van der Waals surface area (Å²) in [4.78, 5) is 35.9. The number of amides is 2. The van der Waals surface area contributed by atoms with Gasteiger partial charge in [0.1, 0.15) is 5.25 Å². The van der Waals surface area contributed by atoms with Crippen molar-refractivity contribution in [1.82, 2.24) is 15.1 Å². The molecule has 1 saturated heterocycles. The van der Waals surface area contributed by atoms with Crippen LogP contribution in [0.1, 0.15) is 12.8 Å². The maximum atomic E-state index is 12.7. The van der Waals surface area contributed by atoms with Crippen molar-refractivity contribution in [3.63, 3.8) is 0 Å². The van der Waals surface area contributed by atoms with Crippen LogP contribution in [0.5, 0.6) is 0 Å². The van der Waals surface area contributed by atoms with Crippen molar-refractivity contribution >= 4 is 40.7 Å². The van der Waals surface area contributed by atoms with Crippen molar-refractivity contribution in [2.45, 2.75) is 23.0 Å². The Bertz CT molecular complexity index is 744. The average Bonchev–Trinajstić information content (AvgIpc) is 2.72. The van der Waals surface area contributed by atoms with Gasteiger partial charge in [0.2, 0.25) is 0 Å². The molecule has 0 spiro atoms. The third kappa shape index (κ3) is 11.1. The van der Waals surface area contributed by atoms with Crippen molar-refractivity contribution < 1.29 is 29.1 Å². The van der Waals surface area contributed by atoms with Crippen LogP contribution in [0.25, 0.3) is 0 Å². The summed E-state index contributed by atoms with van der Waals surface area (Å²) in [6.07, 6.45) is 2.87. The molecule has 1 fully saturated rings. The number of benzene rings is 1. The summed E-state index contributed by atoms with van der Waals surface area (Å²) >= 11 is 4.76. The molecule has 1 heterocycles. The van der Waals surface area contributed by atoms with Gasteiger partial charge in [0, 0.05) is 36.8 Å². The third-order valence-corrected chi connectivity index (χ3v) is 6.20. The van der Waals surface area contributed by atoms with E-state index in [1.54, 1.807) is 29.2 Å². The van der Waals surface area contributed by atoms with E-state index in [0.717, 1.165) is 30.8 Å². The number of aliphatic carboxylic acids is 2. The van der Waals surface area contributed by atoms with Crippen LogP contribution in [0.15, 0.2) is 41.3 Å². The molecule has 2 unspecified atom stereocenters. The molecule has 1 aliphatic rings. The van der Waals surface area contributed by atoms with Gasteiger partial charge in [0.25, 0.3) is 0 Å². The van der Waals surface area contributed by atoms with Crippen molar-refractivity contribution in [1.29, 1.82) is 0 Å². The zero-order valence-corrected chi connectivity index (χ0v) is 19.1. The number of carboxylic acid groups (broad SMARTS) is 2. The Balaban J connectivity index is 0.000000512. The van der Waals surface area contributed by atoms with Gasteiger partial charge in [-0.15, -0.1) is 0 Å². The number of urea groups is 1. The lowest BCUT2D eigenvalue weighted by atomic mass is 10.1. The van der Waals surface area contributed by atoms with E-state index in [0.29, 0.717) is 30.3 Å². The number of carbonyl (C=O) groups is 3. The minimum atomic E-state index is -1.26. The van der Waals surface area contributed by atoms with Gasteiger partial charge in [-0.3, -0.25) is 0 Å². The van der Waals surface area contributed by atoms with Crippen LogP contribution in [0.2, 0.25) is 5.02 Å². The van der Waals surface area contributed by atoms with Crippen molar-refractivity contribution in [2.24, 2.45) is 0 Å². The van der Waals surface area contributed by atoms with E-state index in [-0.39, 0.29) is 11.3 Å². The SMILES string of the molecule is CN(C)CCNC(=O)N1CCCC([S+]([O-])c2ccc(Cl)cc2)C1.O=C(O)/C=C/C(=O)O. The summed E-state index contributed by atoms with van der Waals surface area (Å²) in [5.41, 5.74) is 0. The van der Waals surface area contributed by atoms with E-state index >= 15 is 0 Å². The minimum Gasteiger partial charge on any atom is -0.611 e. The van der Waals surface area contributed by atoms with Gasteiger partial charge in [-0.2, -0.15) is 0 Å². The molecular formula is C20H28ClN3O6S. The van der Waals surface area contributed by atoms with E-state index in [1.807, 2.05) is 19.0 Å². The molecule has 3 N–H and O–H groups in total. The first kappa shape index (κ1) is 26.8. The number of piperidine rings is 1. The predicted octanol–water partition coefficient (Wildman–Crippen LogP) is 1.89. The Kier molecular flexibility index (Phi) is 12.0. The molecule has 0 aliphatic carbocycles. The molecule has 11 heteroatoms. The van der Waals surface area contributed by atoms with Gasteiger partial charge >= 0.3 is 18.0 Å². The quantitative estimate of drug-likeness (QED) is 0.406. The monoisotopic (exact) mass is 473 g/mol. The van der Waals surface area contributed by atoms with Crippen molar-refractivity contribution in [3.05, 3.63) is 41.4 Å². The fraction of sp³-hybridized carbons (Fsp3) is 0.450. The molecule has 1 aromatic rings. The molecule has 9 nitrogen and oxygen atoms in total. The number of hydrogen-bond donors (Lipinski definition) is 3. The number of nitrogens with zero attached hydrogens (tertiary/aromatic N) is 2. The number of likely N-dealkylation sites (tertiary alicyclic amines) is 1. The van der Waals surface area contributed by atoms with Gasteiger partial charge in [-0.05, 0) is 62.4 Å². The van der Waals surface area contributed by atoms with Gasteiger partial charge in [-0.1, -0.05) is 11.6 Å². The molecule has 2 rings (SSSR count). The summed E-state index contributed by atoms with van der Waals surface area (Å²) in [5, 5.41) is 19.2. The fourth-order valence-electron chi connectivity index (χ4n) is 2.70. The molecular weight excluding hydrogens is 446 g/mol. The average molecular weight is 474 g/mol. The van der Waals surface area contributed by atoms with Crippen LogP contribution < -0.4 is 5.32 Å². The van der Waals surface area contributed by atoms with E-state index in [9.17, 15) is 18.9 Å². The molecule has 0 aromatic heterocycles. The van der Waals surface area contributed by atoms with Gasteiger partial charge in [0.05, 0.1) is 6.54 Å². The molecule has 2 atom stereocenters. The number of carbonyl (C=O) groups excluding carboxylic acids is 1. The number of likely N-dealkylation sites (N-methyl/N-ethyl adjacent to an activating group) is 1. The second kappa shape index (κ2) is 13.9. The smallest absolute Gasteiger partial charge is 0.328 e. The van der Waals surface area contributed by atoms with Crippen LogP contribution in [0, 0.1) is 0 Å². The Morgan fingerprint density at radius 1 is 1.23 bits per heavy atom. The molecule has 31 heavy (non-hydrogen) atoms. The summed E-state index contributed by atoms with van der Waals surface area (Å²) in [5.74, 6) is -2.51. The van der Waals surface area contributed by atoms with Crippen LogP contribution in [0.3, 0.4) is 0 Å². The lowest BCUT2D eigenvalue weighted by Crippen LogP contribution is -2.49. The maximum absolute atomic E-state index is 12.7. The Labute approximate surface area is 189 Å². The summed E-state index contributed by atoms with van der Waals surface area (Å²) in [6.45, 7) is 2.68. The van der Waals surface area contributed by atoms with Crippen LogP contribution >= 0.6 is 11.6 Å². The second-order valence-corrected chi connectivity index (χ2v) is 9.18. The van der Waals surface area contributed by atoms with E-state index in [1.165, 1.54) is 0 Å². The standard InChI is InChI=1S/C16H24ClN3O2S.C4H4O4/c1-19(2)11-9-18-16(21)20-10-3-4-15(12-20)23(22)14-7-5-13(17)6-8-14;5-3(6)1-2-4(7)8/h5-8,15H,3-4,9-12H2,1-2H3,(H,18,21);1-2H,(H,5,6)(H,7,8)/b;2-1+. The summed E-state index contributed by atoms with van der Waals surface area (Å²) < 4.78 is 12.7. The third-order valence-electron chi connectivity index (χ3n) is 4.22. The van der Waals surface area contributed by atoms with Crippen molar-refractivity contribution in [2.75, 3.05) is 40.3 Å². The largest absolute Gasteiger partial charge is 0.611 e. The maximum Gasteiger partial charge on any atom is 0.328 e. The molecule has 2 amide bonds. The van der Waals surface area contributed by atoms with Crippen LogP contribution in [-0.4, -0.2) is 88.1 Å². The Hall–Kier alpha value is -2.27. The number of halogens is 1. The lowest BCUT2D eigenvalue weighted by Gasteiger charge is -2.33. The minimum absolute atomic E-state index is 0.0236. The Morgan fingerprint density at radius 3 is 2.32 bits per heavy atom. The van der Waals surface area contributed by atoms with E-state index in [4.69, 9.17) is 21.8 Å². The molecule has 0 radical (unpaired) electrons. The summed E-state index contributed by atoms with van der Waals surface area (Å²) in [6, 6.07) is 7.04. The molecule has 1 aromatic carbocycles. The molecule has 1 aliphatic heterocycles. The van der Waals surface area contributed by atoms with Crippen LogP contribution in [0.4, 0.5) is 4.79 Å². The first-order valence-electron chi connectivity index (χ1n) is 9.57. The highest BCUT2D eigenvalue weighted by molar-refractivity contribution is 7.92. The number of nitrogens with one attached hydrogen (secondary N) is 1. The summed E-state index contributed by atoms with van der Waals surface area (Å²) in [7, 11) is 3.94. The molecule has 0 bridgehead atoms. The number of rotatable bonds is 7. The number of carboxylic acids is 2. The van der Waals surface area contributed by atoms with Gasteiger partial charge in [0.15, 0.2) is 4.90 Å². The highest BCUT2D eigenvalue weighted by Gasteiger charge is 2.32. The Morgan fingerprint density at radius 2 is 1.81 bits per heavy atom. The zero-order chi connectivity index (χ0) is 23.4. The lowest BCUT2D eigenvalue weighted by molar-refractivity contribution is -0.134. The van der Waals surface area contributed by atoms with Gasteiger partial charge in [-0.25, -0.2) is 14.4 Å². The van der Waals surface area contributed by atoms with Gasteiger partial charge < -0.3 is 29.9 Å². The van der Waals surface area contributed by atoms with E-state index in [2.05, 4.69) is 5.32 Å². The molecule has 172 valence electrons. The highest BCUT2D eigenvalue weighted by atomic mass is 35.5. The zero-order valence-electron chi connectivity index (χ0n) is 17.5. The topological polar surface area (TPSA) is 133 Å². The predicted molar refractivity (Wildman–Crippen MR) is 119 cm³/mol. The first-order valence-corrected chi connectivity index (χ1v) is 11.2. The van der Waals surface area contributed by atoms with Crippen LogP contribution in [-0.2, 0) is 20.8 Å². The number of hydrogen-bond acceptors (Lipinski definition) is 5. The first-order chi connectivity index (χ1) is 14.6.